The zero-order valence-electron chi connectivity index (χ0n) is 17.2. The molecule has 0 aliphatic carbocycles. The zero-order valence-corrected chi connectivity index (χ0v) is 17.2. The third-order valence-electron chi connectivity index (χ3n) is 3.97. The van der Waals surface area contributed by atoms with Gasteiger partial charge < -0.3 is 9.64 Å². The molecule has 0 saturated heterocycles. The van der Waals surface area contributed by atoms with Gasteiger partial charge in [0.15, 0.2) is 6.10 Å². The van der Waals surface area contributed by atoms with Gasteiger partial charge in [0.25, 0.3) is 5.91 Å². The van der Waals surface area contributed by atoms with E-state index in [2.05, 4.69) is 5.32 Å². The van der Waals surface area contributed by atoms with E-state index >= 15 is 0 Å². The van der Waals surface area contributed by atoms with Crippen LogP contribution >= 0.6 is 0 Å². The molecule has 1 atom stereocenters. The van der Waals surface area contributed by atoms with Crippen molar-refractivity contribution in [2.45, 2.75) is 59.4 Å². The number of amides is 2. The number of Topliss-reactive ketones (excluding diaryl/α,β-unsaturated/α-hetero) is 1. The molecule has 0 heterocycles. The Morgan fingerprint density at radius 3 is 2.03 bits per heavy atom. The second kappa shape index (κ2) is 10.3. The number of carbonyl (C=O) groups excluding carboxylic acids is 3. The molecule has 0 aromatic heterocycles. The smallest absolute Gasteiger partial charge is 0.416 e. The van der Waals surface area contributed by atoms with Crippen LogP contribution in [-0.4, -0.2) is 41.4 Å². The maximum atomic E-state index is 12.8. The highest BCUT2D eigenvalue weighted by molar-refractivity contribution is 5.90. The average Bonchev–Trinajstić information content (AvgIpc) is 2.57. The van der Waals surface area contributed by atoms with Crippen molar-refractivity contribution in [2.24, 2.45) is 5.92 Å². The Kier molecular flexibility index (Phi) is 8.66. The minimum Gasteiger partial charge on any atom is -0.436 e. The van der Waals surface area contributed by atoms with Crippen LogP contribution in [0, 0.1) is 5.92 Å². The number of hydrogen-bond acceptors (Lipinski definition) is 4. The molecule has 162 valence electrons. The molecule has 0 aliphatic rings. The molecular formula is C20H27F3N2O4. The predicted octanol–water partition coefficient (Wildman–Crippen LogP) is 4.49. The molecule has 0 aliphatic heterocycles. The number of benzene rings is 1. The van der Waals surface area contributed by atoms with E-state index in [0.29, 0.717) is 0 Å². The van der Waals surface area contributed by atoms with Gasteiger partial charge in [-0.15, -0.1) is 0 Å². The lowest BCUT2D eigenvalue weighted by Crippen LogP contribution is -2.47. The summed E-state index contributed by atoms with van der Waals surface area (Å²) >= 11 is 0. The number of hydrogen-bond donors (Lipinski definition) is 1. The van der Waals surface area contributed by atoms with Crippen LogP contribution in [0.3, 0.4) is 0 Å². The highest BCUT2D eigenvalue weighted by Crippen LogP contribution is 2.29. The van der Waals surface area contributed by atoms with Gasteiger partial charge in [-0.3, -0.25) is 14.9 Å². The van der Waals surface area contributed by atoms with Crippen molar-refractivity contribution in [1.82, 2.24) is 4.90 Å². The molecule has 0 bridgehead atoms. The fourth-order valence-electron chi connectivity index (χ4n) is 2.59. The third-order valence-corrected chi connectivity index (χ3v) is 3.97. The van der Waals surface area contributed by atoms with Crippen molar-refractivity contribution in [1.29, 1.82) is 0 Å². The summed E-state index contributed by atoms with van der Waals surface area (Å²) in [7, 11) is 0. The first kappa shape index (κ1) is 24.5. The number of ketones is 1. The Bertz CT molecular complexity index is 715. The second-order valence-electron chi connectivity index (χ2n) is 7.49. The minimum atomic E-state index is -4.48. The van der Waals surface area contributed by atoms with Gasteiger partial charge in [0, 0.05) is 11.7 Å². The van der Waals surface area contributed by atoms with Crippen LogP contribution in [0.5, 0.6) is 0 Å². The van der Waals surface area contributed by atoms with E-state index < -0.39 is 29.8 Å². The maximum Gasteiger partial charge on any atom is 0.416 e. The fourth-order valence-corrected chi connectivity index (χ4v) is 2.59. The van der Waals surface area contributed by atoms with Crippen LogP contribution < -0.4 is 5.32 Å². The van der Waals surface area contributed by atoms with Gasteiger partial charge in [-0.25, -0.2) is 4.79 Å². The third kappa shape index (κ3) is 8.13. The maximum absolute atomic E-state index is 12.8. The number of nitrogens with zero attached hydrogens (tertiary/aromatic N) is 1. The summed E-state index contributed by atoms with van der Waals surface area (Å²) in [5, 5.41) is 2.32. The SMILES string of the molecule is CC(=O)CN(C(=O)[C@H](CC(C)C)OC(=O)Nc1ccc(C(F)(F)F)cc1)C(C)C. The van der Waals surface area contributed by atoms with Crippen LogP contribution in [0.15, 0.2) is 24.3 Å². The highest BCUT2D eigenvalue weighted by atomic mass is 19.4. The van der Waals surface area contributed by atoms with E-state index in [1.54, 1.807) is 13.8 Å². The summed E-state index contributed by atoms with van der Waals surface area (Å²) in [6.07, 6.45) is -6.33. The molecule has 0 radical (unpaired) electrons. The topological polar surface area (TPSA) is 75.7 Å². The Morgan fingerprint density at radius 1 is 1.07 bits per heavy atom. The summed E-state index contributed by atoms with van der Waals surface area (Å²) in [4.78, 5) is 37.9. The lowest BCUT2D eigenvalue weighted by Gasteiger charge is -2.30. The van der Waals surface area contributed by atoms with Crippen LogP contribution in [-0.2, 0) is 20.5 Å². The lowest BCUT2D eigenvalue weighted by molar-refractivity contribution is -0.145. The number of alkyl halides is 3. The summed E-state index contributed by atoms with van der Waals surface area (Å²) in [6.45, 7) is 8.45. The molecule has 2 amide bonds. The molecule has 1 aromatic rings. The van der Waals surface area contributed by atoms with Crippen LogP contribution in [0.1, 0.15) is 46.6 Å². The van der Waals surface area contributed by atoms with Crippen molar-refractivity contribution in [2.75, 3.05) is 11.9 Å². The number of ether oxygens (including phenoxy) is 1. The largest absolute Gasteiger partial charge is 0.436 e. The Hall–Kier alpha value is -2.58. The van der Waals surface area contributed by atoms with Gasteiger partial charge in [0.1, 0.15) is 5.78 Å². The van der Waals surface area contributed by atoms with E-state index in [0.717, 1.165) is 24.3 Å². The van der Waals surface area contributed by atoms with Gasteiger partial charge >= 0.3 is 12.3 Å². The van der Waals surface area contributed by atoms with Gasteiger partial charge in [-0.2, -0.15) is 13.2 Å². The summed E-state index contributed by atoms with van der Waals surface area (Å²) < 4.78 is 43.1. The summed E-state index contributed by atoms with van der Waals surface area (Å²) in [5.41, 5.74) is -0.746. The molecular weight excluding hydrogens is 389 g/mol. The molecule has 1 aromatic carbocycles. The van der Waals surface area contributed by atoms with Crippen molar-refractivity contribution in [3.05, 3.63) is 29.8 Å². The highest BCUT2D eigenvalue weighted by Gasteiger charge is 2.32. The first-order valence-electron chi connectivity index (χ1n) is 9.26. The van der Waals surface area contributed by atoms with E-state index in [-0.39, 0.29) is 36.4 Å². The number of anilines is 1. The Labute approximate surface area is 168 Å². The molecule has 29 heavy (non-hydrogen) atoms. The van der Waals surface area contributed by atoms with E-state index in [9.17, 15) is 27.6 Å². The Balaban J connectivity index is 2.90. The average molecular weight is 416 g/mol. The molecule has 0 unspecified atom stereocenters. The summed E-state index contributed by atoms with van der Waals surface area (Å²) in [5.74, 6) is -0.676. The molecule has 1 N–H and O–H groups in total. The quantitative estimate of drug-likeness (QED) is 0.677. The molecule has 9 heteroatoms. The first-order chi connectivity index (χ1) is 13.3. The molecule has 6 nitrogen and oxygen atoms in total. The van der Waals surface area contributed by atoms with Gasteiger partial charge in [-0.05, 0) is 57.4 Å². The Morgan fingerprint density at radius 2 is 1.62 bits per heavy atom. The van der Waals surface area contributed by atoms with Gasteiger partial charge in [0.2, 0.25) is 0 Å². The molecule has 0 fully saturated rings. The minimum absolute atomic E-state index is 0.0224. The summed E-state index contributed by atoms with van der Waals surface area (Å²) in [6, 6.07) is 3.58. The predicted molar refractivity (Wildman–Crippen MR) is 102 cm³/mol. The van der Waals surface area contributed by atoms with Gasteiger partial charge in [-0.1, -0.05) is 13.8 Å². The van der Waals surface area contributed by atoms with E-state index in [1.807, 2.05) is 13.8 Å². The van der Waals surface area contributed by atoms with Crippen molar-refractivity contribution >= 4 is 23.5 Å². The lowest BCUT2D eigenvalue weighted by atomic mass is 10.0. The normalized spacial score (nSPS) is 12.6. The standard InChI is InChI=1S/C20H27F3N2O4/c1-12(2)10-17(18(27)25(13(3)4)11-14(5)26)29-19(28)24-16-8-6-15(7-9-16)20(21,22)23/h6-9,12-13,17H,10-11H2,1-5H3,(H,24,28)/t17-/m0/s1. The van der Waals surface area contributed by atoms with Crippen molar-refractivity contribution in [3.8, 4) is 0 Å². The van der Waals surface area contributed by atoms with E-state index in [1.165, 1.54) is 11.8 Å². The molecule has 0 saturated carbocycles. The van der Waals surface area contributed by atoms with Gasteiger partial charge in [0.05, 0.1) is 12.1 Å². The fraction of sp³-hybridized carbons (Fsp3) is 0.550. The number of rotatable bonds is 8. The van der Waals surface area contributed by atoms with E-state index in [4.69, 9.17) is 4.74 Å². The number of nitrogens with one attached hydrogen (secondary N) is 1. The number of halogens is 3. The molecule has 1 rings (SSSR count). The zero-order chi connectivity index (χ0) is 22.4. The van der Waals surface area contributed by atoms with Crippen molar-refractivity contribution < 1.29 is 32.3 Å². The van der Waals surface area contributed by atoms with Crippen LogP contribution in [0.2, 0.25) is 0 Å². The monoisotopic (exact) mass is 416 g/mol. The molecule has 0 spiro atoms. The van der Waals surface area contributed by atoms with Crippen LogP contribution in [0.25, 0.3) is 0 Å². The first-order valence-corrected chi connectivity index (χ1v) is 9.26. The van der Waals surface area contributed by atoms with Crippen LogP contribution in [0.4, 0.5) is 23.7 Å². The van der Waals surface area contributed by atoms with Crippen molar-refractivity contribution in [3.63, 3.8) is 0 Å². The second-order valence-corrected chi connectivity index (χ2v) is 7.49. The number of carbonyl (C=O) groups is 3.